The minimum Gasteiger partial charge on any atom is -0.493 e. The van der Waals surface area contributed by atoms with Crippen LogP contribution in [0.1, 0.15) is 37.0 Å². The van der Waals surface area contributed by atoms with Crippen molar-refractivity contribution in [3.63, 3.8) is 0 Å². The number of Topliss-reactive ketones (excluding diaryl/α,β-unsaturated/α-hetero) is 1. The molecule has 0 atom stereocenters. The van der Waals surface area contributed by atoms with E-state index in [9.17, 15) is 9.59 Å². The van der Waals surface area contributed by atoms with E-state index in [1.54, 1.807) is 24.3 Å². The predicted octanol–water partition coefficient (Wildman–Crippen LogP) is 2.20. The van der Waals surface area contributed by atoms with Crippen molar-refractivity contribution in [3.05, 3.63) is 29.8 Å². The average molecular weight is 293 g/mol. The Bertz CT molecular complexity index is 442. The van der Waals surface area contributed by atoms with Gasteiger partial charge in [-0.25, -0.2) is 0 Å². The van der Waals surface area contributed by atoms with E-state index in [-0.39, 0.29) is 11.7 Å². The fourth-order valence-corrected chi connectivity index (χ4v) is 1.64. The van der Waals surface area contributed by atoms with Gasteiger partial charge < -0.3 is 14.8 Å². The third-order valence-electron chi connectivity index (χ3n) is 2.78. The molecule has 0 aliphatic heterocycles. The van der Waals surface area contributed by atoms with Crippen molar-refractivity contribution in [2.45, 2.75) is 26.7 Å². The Kier molecular flexibility index (Phi) is 8.12. The molecular weight excluding hydrogens is 270 g/mol. The van der Waals surface area contributed by atoms with Crippen molar-refractivity contribution in [2.75, 3.05) is 26.4 Å². The minimum absolute atomic E-state index is 0.0196. The number of ketones is 1. The first-order valence-electron chi connectivity index (χ1n) is 7.21. The molecule has 0 radical (unpaired) electrons. The Hall–Kier alpha value is -1.88. The van der Waals surface area contributed by atoms with Gasteiger partial charge in [-0.15, -0.1) is 0 Å². The van der Waals surface area contributed by atoms with Gasteiger partial charge >= 0.3 is 0 Å². The lowest BCUT2D eigenvalue weighted by molar-refractivity contribution is -0.121. The first-order chi connectivity index (χ1) is 10.1. The number of rotatable bonds is 10. The topological polar surface area (TPSA) is 64.6 Å². The van der Waals surface area contributed by atoms with Gasteiger partial charge in [0.05, 0.1) is 19.6 Å². The van der Waals surface area contributed by atoms with Crippen LogP contribution < -0.4 is 10.1 Å². The second kappa shape index (κ2) is 9.94. The zero-order valence-electron chi connectivity index (χ0n) is 12.7. The average Bonchev–Trinajstić information content (AvgIpc) is 2.47. The van der Waals surface area contributed by atoms with E-state index < -0.39 is 0 Å². The molecule has 116 valence electrons. The van der Waals surface area contributed by atoms with E-state index in [0.717, 1.165) is 13.0 Å². The third-order valence-corrected chi connectivity index (χ3v) is 2.78. The van der Waals surface area contributed by atoms with E-state index in [2.05, 4.69) is 5.32 Å². The maximum absolute atomic E-state index is 11.5. The summed E-state index contributed by atoms with van der Waals surface area (Å²) < 4.78 is 10.7. The highest BCUT2D eigenvalue weighted by atomic mass is 16.5. The Morgan fingerprint density at radius 2 is 1.81 bits per heavy atom. The molecule has 1 aromatic rings. The number of ether oxygens (including phenoxy) is 2. The number of amides is 1. The van der Waals surface area contributed by atoms with E-state index in [4.69, 9.17) is 9.47 Å². The molecule has 0 fully saturated rings. The molecule has 1 N–H and O–H groups in total. The molecular formula is C16H23NO4. The lowest BCUT2D eigenvalue weighted by Crippen LogP contribution is -2.28. The first-order valence-corrected chi connectivity index (χ1v) is 7.21. The molecule has 1 rings (SSSR count). The van der Waals surface area contributed by atoms with Crippen molar-refractivity contribution in [2.24, 2.45) is 0 Å². The zero-order chi connectivity index (χ0) is 15.5. The molecule has 1 aromatic carbocycles. The quantitative estimate of drug-likeness (QED) is 0.530. The molecule has 0 aliphatic rings. The van der Waals surface area contributed by atoms with Crippen LogP contribution in [0.25, 0.3) is 0 Å². The summed E-state index contributed by atoms with van der Waals surface area (Å²) in [7, 11) is 0. The van der Waals surface area contributed by atoms with Gasteiger partial charge in [0.15, 0.2) is 5.78 Å². The van der Waals surface area contributed by atoms with Crippen LogP contribution in [-0.2, 0) is 9.53 Å². The Morgan fingerprint density at radius 1 is 1.10 bits per heavy atom. The second-order valence-electron chi connectivity index (χ2n) is 4.64. The second-order valence-corrected chi connectivity index (χ2v) is 4.64. The van der Waals surface area contributed by atoms with Gasteiger partial charge in [0.1, 0.15) is 5.75 Å². The fourth-order valence-electron chi connectivity index (χ4n) is 1.64. The molecule has 5 heteroatoms. The number of nitrogens with one attached hydrogen (secondary N) is 1. The van der Waals surface area contributed by atoms with Crippen LogP contribution in [0.5, 0.6) is 5.75 Å². The Morgan fingerprint density at radius 3 is 2.43 bits per heavy atom. The normalized spacial score (nSPS) is 10.2. The monoisotopic (exact) mass is 293 g/mol. The van der Waals surface area contributed by atoms with Crippen LogP contribution >= 0.6 is 0 Å². The summed E-state index contributed by atoms with van der Waals surface area (Å²) in [6, 6.07) is 6.88. The van der Waals surface area contributed by atoms with Gasteiger partial charge in [-0.3, -0.25) is 9.59 Å². The summed E-state index contributed by atoms with van der Waals surface area (Å²) in [6.07, 6.45) is 1.27. The van der Waals surface area contributed by atoms with Gasteiger partial charge in [0, 0.05) is 18.7 Å². The molecule has 0 saturated heterocycles. The smallest absolute Gasteiger partial charge is 0.223 e. The summed E-state index contributed by atoms with van der Waals surface area (Å²) in [5.74, 6) is 0.612. The number of hydrogen-bond donors (Lipinski definition) is 1. The summed E-state index contributed by atoms with van der Waals surface area (Å²) in [5, 5.41) is 2.76. The Balaban J connectivity index is 2.15. The van der Waals surface area contributed by atoms with Crippen LogP contribution in [0, 0.1) is 0 Å². The van der Waals surface area contributed by atoms with Crippen molar-refractivity contribution in [1.82, 2.24) is 5.32 Å². The zero-order valence-corrected chi connectivity index (χ0v) is 12.7. The van der Waals surface area contributed by atoms with Crippen LogP contribution in [-0.4, -0.2) is 38.1 Å². The van der Waals surface area contributed by atoms with E-state index in [1.807, 2.05) is 6.92 Å². The molecule has 0 aromatic heterocycles. The predicted molar refractivity (Wildman–Crippen MR) is 80.7 cm³/mol. The van der Waals surface area contributed by atoms with Crippen molar-refractivity contribution in [1.29, 1.82) is 0 Å². The molecule has 0 aliphatic carbocycles. The van der Waals surface area contributed by atoms with Gasteiger partial charge in [0.2, 0.25) is 5.91 Å². The largest absolute Gasteiger partial charge is 0.493 e. The van der Waals surface area contributed by atoms with Crippen LogP contribution in [0.3, 0.4) is 0 Å². The van der Waals surface area contributed by atoms with Crippen molar-refractivity contribution < 1.29 is 19.1 Å². The van der Waals surface area contributed by atoms with Crippen LogP contribution in [0.15, 0.2) is 24.3 Å². The minimum atomic E-state index is -0.0598. The highest BCUT2D eigenvalue weighted by Crippen LogP contribution is 2.12. The van der Waals surface area contributed by atoms with Gasteiger partial charge in [-0.05, 0) is 37.6 Å². The SMILES string of the molecule is CCCOCCNC(=O)CCOc1ccc(C(C)=O)cc1. The molecule has 0 saturated carbocycles. The summed E-state index contributed by atoms with van der Waals surface area (Å²) in [6.45, 7) is 5.64. The lowest BCUT2D eigenvalue weighted by atomic mass is 10.1. The standard InChI is InChI=1S/C16H23NO4/c1-3-10-20-12-9-17-16(19)8-11-21-15-6-4-14(5-7-15)13(2)18/h4-7H,3,8-12H2,1-2H3,(H,17,19). The molecule has 21 heavy (non-hydrogen) atoms. The highest BCUT2D eigenvalue weighted by molar-refractivity contribution is 5.94. The lowest BCUT2D eigenvalue weighted by Gasteiger charge is -2.08. The first kappa shape index (κ1) is 17.2. The maximum Gasteiger partial charge on any atom is 0.223 e. The van der Waals surface area contributed by atoms with E-state index >= 15 is 0 Å². The molecule has 5 nitrogen and oxygen atoms in total. The van der Waals surface area contributed by atoms with Gasteiger partial charge in [-0.1, -0.05) is 6.92 Å². The van der Waals surface area contributed by atoms with E-state index in [1.165, 1.54) is 6.92 Å². The van der Waals surface area contributed by atoms with E-state index in [0.29, 0.717) is 37.5 Å². The molecule has 0 heterocycles. The number of carbonyl (C=O) groups is 2. The number of benzene rings is 1. The summed E-state index contributed by atoms with van der Waals surface area (Å²) in [5.41, 5.74) is 0.646. The molecule has 0 unspecified atom stereocenters. The number of carbonyl (C=O) groups excluding carboxylic acids is 2. The maximum atomic E-state index is 11.5. The van der Waals surface area contributed by atoms with Crippen molar-refractivity contribution in [3.8, 4) is 5.75 Å². The third kappa shape index (κ3) is 7.46. The molecule has 0 bridgehead atoms. The highest BCUT2D eigenvalue weighted by Gasteiger charge is 2.03. The van der Waals surface area contributed by atoms with Gasteiger partial charge in [-0.2, -0.15) is 0 Å². The Labute approximate surface area is 125 Å². The van der Waals surface area contributed by atoms with Crippen LogP contribution in [0.2, 0.25) is 0 Å². The molecule has 0 spiro atoms. The van der Waals surface area contributed by atoms with Crippen molar-refractivity contribution >= 4 is 11.7 Å². The summed E-state index contributed by atoms with van der Waals surface area (Å²) >= 11 is 0. The van der Waals surface area contributed by atoms with Gasteiger partial charge in [0.25, 0.3) is 0 Å². The fraction of sp³-hybridized carbons (Fsp3) is 0.500. The summed E-state index contributed by atoms with van der Waals surface area (Å²) in [4.78, 5) is 22.6. The number of hydrogen-bond acceptors (Lipinski definition) is 4. The van der Waals surface area contributed by atoms with Crippen LogP contribution in [0.4, 0.5) is 0 Å². The molecule has 1 amide bonds.